The highest BCUT2D eigenvalue weighted by molar-refractivity contribution is 5.92. The van der Waals surface area contributed by atoms with E-state index in [4.69, 9.17) is 9.47 Å². The first-order valence-electron chi connectivity index (χ1n) is 16.9. The summed E-state index contributed by atoms with van der Waals surface area (Å²) in [4.78, 5) is 51.4. The number of nitrogens with zero attached hydrogens (tertiary/aromatic N) is 4. The highest BCUT2D eigenvalue weighted by atomic mass is 16.5. The van der Waals surface area contributed by atoms with Crippen LogP contribution in [0.15, 0.2) is 18.2 Å². The van der Waals surface area contributed by atoms with Crippen molar-refractivity contribution in [3.05, 3.63) is 23.9 Å². The molecule has 6 rings (SSSR count). The van der Waals surface area contributed by atoms with E-state index in [0.29, 0.717) is 88.8 Å². The van der Waals surface area contributed by atoms with Crippen molar-refractivity contribution in [3.63, 3.8) is 0 Å². The lowest BCUT2D eigenvalue weighted by Gasteiger charge is -2.38. The molecule has 0 aromatic carbocycles. The molecule has 4 aliphatic heterocycles. The van der Waals surface area contributed by atoms with Crippen molar-refractivity contribution in [1.29, 1.82) is 0 Å². The van der Waals surface area contributed by atoms with Crippen molar-refractivity contribution in [3.8, 4) is 5.88 Å². The Kier molecular flexibility index (Phi) is 11.2. The second kappa shape index (κ2) is 15.0. The minimum Gasteiger partial charge on any atom is -0.475 e. The highest BCUT2D eigenvalue weighted by Gasteiger charge is 2.41. The molecule has 5 aliphatic rings. The first kappa shape index (κ1) is 32.7. The van der Waals surface area contributed by atoms with Gasteiger partial charge in [-0.1, -0.05) is 46.1 Å². The van der Waals surface area contributed by atoms with Crippen molar-refractivity contribution in [2.45, 2.75) is 90.6 Å². The van der Waals surface area contributed by atoms with E-state index < -0.39 is 0 Å². The molecule has 5 heterocycles. The van der Waals surface area contributed by atoms with Crippen LogP contribution < -0.4 is 10.1 Å². The number of nitrogens with one attached hydrogen (secondary N) is 1. The summed E-state index contributed by atoms with van der Waals surface area (Å²) in [5, 5.41) is 3.18. The topological polar surface area (TPSA) is 104 Å². The van der Waals surface area contributed by atoms with E-state index in [0.717, 1.165) is 19.4 Å². The van der Waals surface area contributed by atoms with Gasteiger partial charge in [0.1, 0.15) is 12.3 Å². The van der Waals surface area contributed by atoms with Crippen molar-refractivity contribution >= 4 is 17.7 Å². The smallest absolute Gasteiger partial charge is 0.270 e. The standard InChI is InChI=1S/C34H53N5O5/c1-34(2,3)21-31(40)38-16-17-43-18-19-44-30-11-7-10-28(36-30)32(41)35-27-20-29(33(42)37-14-12-26(22-38)13-15-37)39(24-27)23-25-8-5-4-6-9-25/h7,10-11,25-27,29H,4-6,8-9,12-24H2,1-3H3,(H,35,41)/t27-,29+/m1/s1. The fraction of sp³-hybridized carbons (Fsp3) is 0.765. The predicted molar refractivity (Wildman–Crippen MR) is 168 cm³/mol. The van der Waals surface area contributed by atoms with Crippen molar-refractivity contribution < 1.29 is 23.9 Å². The number of likely N-dealkylation sites (tertiary alicyclic amines) is 1. The fourth-order valence-corrected chi connectivity index (χ4v) is 7.27. The second-order valence-corrected chi connectivity index (χ2v) is 14.5. The molecule has 10 heteroatoms. The van der Waals surface area contributed by atoms with Gasteiger partial charge in [0.25, 0.3) is 5.91 Å². The molecule has 10 nitrogen and oxygen atoms in total. The number of pyridine rings is 1. The van der Waals surface area contributed by atoms with Gasteiger partial charge in [0.15, 0.2) is 0 Å². The molecule has 1 aromatic rings. The Morgan fingerprint density at radius 1 is 0.977 bits per heavy atom. The molecule has 1 saturated carbocycles. The lowest BCUT2D eigenvalue weighted by molar-refractivity contribution is -0.139. The molecule has 6 bridgehead atoms. The third-order valence-electron chi connectivity index (χ3n) is 9.62. The van der Waals surface area contributed by atoms with Crippen molar-refractivity contribution in [1.82, 2.24) is 25.0 Å². The summed E-state index contributed by atoms with van der Waals surface area (Å²) in [6, 6.07) is 4.86. The molecule has 44 heavy (non-hydrogen) atoms. The maximum atomic E-state index is 14.0. The molecular formula is C34H53N5O5. The summed E-state index contributed by atoms with van der Waals surface area (Å²) >= 11 is 0. The van der Waals surface area contributed by atoms with E-state index in [1.165, 1.54) is 32.1 Å². The maximum absolute atomic E-state index is 14.0. The van der Waals surface area contributed by atoms with Gasteiger partial charge in [-0.15, -0.1) is 0 Å². The molecule has 244 valence electrons. The monoisotopic (exact) mass is 611 g/mol. The van der Waals surface area contributed by atoms with Crippen LogP contribution in [-0.2, 0) is 14.3 Å². The second-order valence-electron chi connectivity index (χ2n) is 14.5. The molecule has 3 amide bonds. The van der Waals surface area contributed by atoms with E-state index in [2.05, 4.69) is 36.0 Å². The first-order chi connectivity index (χ1) is 21.1. The maximum Gasteiger partial charge on any atom is 0.270 e. The minimum atomic E-state index is -0.242. The van der Waals surface area contributed by atoms with Gasteiger partial charge in [-0.05, 0) is 55.4 Å². The average Bonchev–Trinajstić information content (AvgIpc) is 3.39. The van der Waals surface area contributed by atoms with Gasteiger partial charge in [-0.3, -0.25) is 19.3 Å². The van der Waals surface area contributed by atoms with Crippen LogP contribution in [0.4, 0.5) is 0 Å². The number of carbonyl (C=O) groups excluding carboxylic acids is 3. The van der Waals surface area contributed by atoms with E-state index in [1.54, 1.807) is 18.2 Å². The Bertz CT molecular complexity index is 1130. The Hall–Kier alpha value is -2.72. The molecule has 1 aliphatic carbocycles. The summed E-state index contributed by atoms with van der Waals surface area (Å²) in [5.74, 6) is 1.43. The zero-order valence-corrected chi connectivity index (χ0v) is 27.1. The first-order valence-corrected chi connectivity index (χ1v) is 16.9. The van der Waals surface area contributed by atoms with Gasteiger partial charge in [-0.2, -0.15) is 0 Å². The number of ether oxygens (including phenoxy) is 2. The number of amides is 3. The molecule has 0 unspecified atom stereocenters. The summed E-state index contributed by atoms with van der Waals surface area (Å²) < 4.78 is 11.6. The van der Waals surface area contributed by atoms with E-state index in [1.807, 2.05) is 9.80 Å². The number of hydrogen-bond donors (Lipinski definition) is 1. The Labute approximate surface area is 263 Å². The number of hydrogen-bond acceptors (Lipinski definition) is 7. The zero-order valence-electron chi connectivity index (χ0n) is 27.1. The Balaban J connectivity index is 1.32. The summed E-state index contributed by atoms with van der Waals surface area (Å²) in [6.07, 6.45) is 9.12. The van der Waals surface area contributed by atoms with Crippen LogP contribution in [0.1, 0.15) is 89.0 Å². The quantitative estimate of drug-likeness (QED) is 0.520. The van der Waals surface area contributed by atoms with Crippen molar-refractivity contribution in [2.24, 2.45) is 17.3 Å². The summed E-state index contributed by atoms with van der Waals surface area (Å²) in [7, 11) is 0. The van der Waals surface area contributed by atoms with Gasteiger partial charge in [0.2, 0.25) is 17.7 Å². The number of aromatic nitrogens is 1. The van der Waals surface area contributed by atoms with E-state index in [9.17, 15) is 14.4 Å². The van der Waals surface area contributed by atoms with Gasteiger partial charge >= 0.3 is 0 Å². The molecule has 2 saturated heterocycles. The zero-order chi connectivity index (χ0) is 31.1. The fourth-order valence-electron chi connectivity index (χ4n) is 7.27. The van der Waals surface area contributed by atoms with Crippen LogP contribution in [0.3, 0.4) is 0 Å². The Morgan fingerprint density at radius 3 is 2.50 bits per heavy atom. The van der Waals surface area contributed by atoms with Gasteiger partial charge in [0, 0.05) is 57.8 Å². The van der Waals surface area contributed by atoms with Crippen LogP contribution in [0, 0.1) is 17.3 Å². The predicted octanol–water partition coefficient (Wildman–Crippen LogP) is 3.75. The van der Waals surface area contributed by atoms with Gasteiger partial charge in [-0.25, -0.2) is 4.98 Å². The molecule has 2 atom stereocenters. The SMILES string of the molecule is CC(C)(C)CC(=O)N1CCOCCOc2cccc(n2)C(=O)N[C@@H]2C[C@@H](C(=O)N3CCC(CC3)C1)N(CC1CCCCC1)C2. The minimum absolute atomic E-state index is 0.0933. The van der Waals surface area contributed by atoms with Gasteiger partial charge in [0.05, 0.1) is 19.3 Å². The van der Waals surface area contributed by atoms with Gasteiger partial charge < -0.3 is 24.6 Å². The number of fused-ring (bicyclic) bond motifs is 10. The third kappa shape index (κ3) is 9.16. The number of piperidine rings is 1. The number of rotatable bonds is 3. The molecule has 1 N–H and O–H groups in total. The molecule has 0 spiro atoms. The van der Waals surface area contributed by atoms with Crippen LogP contribution in [0.25, 0.3) is 0 Å². The molecular weight excluding hydrogens is 558 g/mol. The summed E-state index contributed by atoms with van der Waals surface area (Å²) in [5.41, 5.74) is 0.210. The lowest BCUT2D eigenvalue weighted by atomic mass is 9.88. The van der Waals surface area contributed by atoms with Crippen LogP contribution >= 0.6 is 0 Å². The largest absolute Gasteiger partial charge is 0.475 e. The third-order valence-corrected chi connectivity index (χ3v) is 9.62. The average molecular weight is 612 g/mol. The van der Waals surface area contributed by atoms with E-state index >= 15 is 0 Å². The molecule has 0 radical (unpaired) electrons. The lowest BCUT2D eigenvalue weighted by Crippen LogP contribution is -2.50. The highest BCUT2D eigenvalue weighted by Crippen LogP contribution is 2.30. The summed E-state index contributed by atoms with van der Waals surface area (Å²) in [6.45, 7) is 11.6. The Morgan fingerprint density at radius 2 is 1.75 bits per heavy atom. The number of carbonyl (C=O) groups is 3. The van der Waals surface area contributed by atoms with Crippen LogP contribution in [0.2, 0.25) is 0 Å². The van der Waals surface area contributed by atoms with E-state index in [-0.39, 0.29) is 35.2 Å². The van der Waals surface area contributed by atoms with Crippen LogP contribution in [0.5, 0.6) is 5.88 Å². The van der Waals surface area contributed by atoms with Crippen LogP contribution in [-0.4, -0.2) is 109 Å². The van der Waals surface area contributed by atoms with Crippen molar-refractivity contribution in [2.75, 3.05) is 59.1 Å². The molecule has 1 aromatic heterocycles. The normalized spacial score (nSPS) is 27.0. The molecule has 3 fully saturated rings.